The summed E-state index contributed by atoms with van der Waals surface area (Å²) in [5.74, 6) is 0. The number of allylic oxidation sites excluding steroid dienone is 4. The Bertz CT molecular complexity index is 433. The standard InChI is InChI=1S/C14H16N2O/c1-3-4-6-9-12(2)15-14(17)16-13-10-7-5-8-11-13/h3-11H,2H2,1H3,(H2,15,16,17)/b4-3-,9-6-. The summed E-state index contributed by atoms with van der Waals surface area (Å²) in [6.07, 6.45) is 7.30. The maximum absolute atomic E-state index is 11.5. The first-order chi connectivity index (χ1) is 8.22. The Kier molecular flexibility index (Phi) is 5.31. The molecule has 0 aliphatic rings. The summed E-state index contributed by atoms with van der Waals surface area (Å²) in [7, 11) is 0. The number of benzene rings is 1. The molecule has 1 aromatic rings. The van der Waals surface area contributed by atoms with Crippen LogP contribution in [-0.2, 0) is 0 Å². The number of carbonyl (C=O) groups is 1. The highest BCUT2D eigenvalue weighted by molar-refractivity contribution is 5.90. The van der Waals surface area contributed by atoms with E-state index in [-0.39, 0.29) is 6.03 Å². The predicted molar refractivity (Wildman–Crippen MR) is 71.7 cm³/mol. The zero-order chi connectivity index (χ0) is 12.5. The van der Waals surface area contributed by atoms with Gasteiger partial charge in [0.2, 0.25) is 0 Å². The lowest BCUT2D eigenvalue weighted by Crippen LogP contribution is -2.26. The van der Waals surface area contributed by atoms with Crippen LogP contribution in [0.25, 0.3) is 0 Å². The van der Waals surface area contributed by atoms with E-state index >= 15 is 0 Å². The van der Waals surface area contributed by atoms with Crippen molar-refractivity contribution in [2.45, 2.75) is 6.92 Å². The van der Waals surface area contributed by atoms with E-state index in [4.69, 9.17) is 0 Å². The van der Waals surface area contributed by atoms with Crippen molar-refractivity contribution in [2.75, 3.05) is 5.32 Å². The summed E-state index contributed by atoms with van der Waals surface area (Å²) in [5.41, 5.74) is 1.28. The van der Waals surface area contributed by atoms with Crippen molar-refractivity contribution in [3.8, 4) is 0 Å². The number of hydrogen-bond acceptors (Lipinski definition) is 1. The van der Waals surface area contributed by atoms with Crippen molar-refractivity contribution in [3.05, 3.63) is 66.9 Å². The summed E-state index contributed by atoms with van der Waals surface area (Å²) < 4.78 is 0. The molecule has 2 N–H and O–H groups in total. The molecule has 3 nitrogen and oxygen atoms in total. The summed E-state index contributed by atoms with van der Waals surface area (Å²) in [6, 6.07) is 8.94. The molecule has 0 heterocycles. The van der Waals surface area contributed by atoms with Gasteiger partial charge in [0.05, 0.1) is 0 Å². The predicted octanol–water partition coefficient (Wildman–Crippen LogP) is 3.45. The van der Waals surface area contributed by atoms with Crippen molar-refractivity contribution < 1.29 is 4.79 Å². The summed E-state index contributed by atoms with van der Waals surface area (Å²) in [4.78, 5) is 11.5. The second-order valence-corrected chi connectivity index (χ2v) is 3.36. The molecular formula is C14H16N2O. The minimum atomic E-state index is -0.300. The quantitative estimate of drug-likeness (QED) is 0.761. The molecule has 0 unspecified atom stereocenters. The molecule has 0 radical (unpaired) electrons. The van der Waals surface area contributed by atoms with Crippen molar-refractivity contribution in [2.24, 2.45) is 0 Å². The lowest BCUT2D eigenvalue weighted by Gasteiger charge is -2.06. The normalized spacial score (nSPS) is 10.6. The van der Waals surface area contributed by atoms with Crippen LogP contribution in [0.3, 0.4) is 0 Å². The molecule has 0 fully saturated rings. The molecule has 0 saturated heterocycles. The van der Waals surface area contributed by atoms with Gasteiger partial charge >= 0.3 is 6.03 Å². The Labute approximate surface area is 102 Å². The van der Waals surface area contributed by atoms with Gasteiger partial charge in [-0.1, -0.05) is 43.0 Å². The number of nitrogens with one attached hydrogen (secondary N) is 2. The van der Waals surface area contributed by atoms with E-state index in [0.29, 0.717) is 5.70 Å². The monoisotopic (exact) mass is 228 g/mol. The molecule has 0 bridgehead atoms. The Hall–Kier alpha value is -2.29. The van der Waals surface area contributed by atoms with Gasteiger partial charge in [-0.2, -0.15) is 0 Å². The second-order valence-electron chi connectivity index (χ2n) is 3.36. The Morgan fingerprint density at radius 1 is 1.24 bits per heavy atom. The molecule has 0 saturated carbocycles. The molecule has 3 heteroatoms. The minimum Gasteiger partial charge on any atom is -0.308 e. The fraction of sp³-hybridized carbons (Fsp3) is 0.0714. The third-order valence-electron chi connectivity index (χ3n) is 1.91. The number of amides is 2. The Morgan fingerprint density at radius 2 is 1.94 bits per heavy atom. The van der Waals surface area contributed by atoms with Crippen LogP contribution in [0.15, 0.2) is 66.9 Å². The van der Waals surface area contributed by atoms with E-state index in [1.165, 1.54) is 0 Å². The summed E-state index contributed by atoms with van der Waals surface area (Å²) in [6.45, 7) is 5.63. The number of para-hydroxylation sites is 1. The average molecular weight is 228 g/mol. The van der Waals surface area contributed by atoms with Crippen molar-refractivity contribution in [1.29, 1.82) is 0 Å². The highest BCUT2D eigenvalue weighted by atomic mass is 16.2. The van der Waals surface area contributed by atoms with Crippen molar-refractivity contribution in [1.82, 2.24) is 5.32 Å². The van der Waals surface area contributed by atoms with Gasteiger partial charge in [0, 0.05) is 11.4 Å². The second kappa shape index (κ2) is 7.06. The van der Waals surface area contributed by atoms with Crippen LogP contribution in [0.1, 0.15) is 6.92 Å². The number of anilines is 1. The van der Waals surface area contributed by atoms with E-state index in [0.717, 1.165) is 5.69 Å². The van der Waals surface area contributed by atoms with Gasteiger partial charge < -0.3 is 10.6 Å². The molecule has 88 valence electrons. The number of urea groups is 1. The first kappa shape index (κ1) is 12.8. The van der Waals surface area contributed by atoms with E-state index < -0.39 is 0 Å². The van der Waals surface area contributed by atoms with Gasteiger partial charge in [0.15, 0.2) is 0 Å². The maximum Gasteiger partial charge on any atom is 0.323 e. The lowest BCUT2D eigenvalue weighted by molar-refractivity contribution is 0.254. The Balaban J connectivity index is 2.42. The summed E-state index contributed by atoms with van der Waals surface area (Å²) in [5, 5.41) is 5.32. The fourth-order valence-electron chi connectivity index (χ4n) is 1.15. The number of carbonyl (C=O) groups excluding carboxylic acids is 1. The average Bonchev–Trinajstić information content (AvgIpc) is 2.30. The first-order valence-corrected chi connectivity index (χ1v) is 5.33. The largest absolute Gasteiger partial charge is 0.323 e. The van der Waals surface area contributed by atoms with Crippen LogP contribution in [0.5, 0.6) is 0 Å². The number of rotatable bonds is 4. The van der Waals surface area contributed by atoms with Gasteiger partial charge in [-0.3, -0.25) is 0 Å². The van der Waals surface area contributed by atoms with Crippen LogP contribution in [0.4, 0.5) is 10.5 Å². The smallest absolute Gasteiger partial charge is 0.308 e. The van der Waals surface area contributed by atoms with Gasteiger partial charge in [-0.25, -0.2) is 4.79 Å². The van der Waals surface area contributed by atoms with Crippen LogP contribution < -0.4 is 10.6 Å². The molecule has 0 aliphatic carbocycles. The molecule has 0 aromatic heterocycles. The minimum absolute atomic E-state index is 0.300. The molecule has 1 rings (SSSR count). The maximum atomic E-state index is 11.5. The zero-order valence-electron chi connectivity index (χ0n) is 9.81. The van der Waals surface area contributed by atoms with Crippen LogP contribution in [0, 0.1) is 0 Å². The Morgan fingerprint density at radius 3 is 2.59 bits per heavy atom. The molecule has 0 aliphatic heterocycles. The molecule has 17 heavy (non-hydrogen) atoms. The third kappa shape index (κ3) is 5.37. The summed E-state index contributed by atoms with van der Waals surface area (Å²) >= 11 is 0. The van der Waals surface area contributed by atoms with Gasteiger partial charge in [-0.05, 0) is 25.1 Å². The lowest BCUT2D eigenvalue weighted by atomic mass is 10.3. The van der Waals surface area contributed by atoms with E-state index in [1.807, 2.05) is 55.5 Å². The topological polar surface area (TPSA) is 41.1 Å². The SMILES string of the molecule is C=C(/C=C\C=C/C)NC(=O)Nc1ccccc1. The van der Waals surface area contributed by atoms with Gasteiger partial charge in [0.25, 0.3) is 0 Å². The highest BCUT2D eigenvalue weighted by Gasteiger charge is 2.00. The van der Waals surface area contributed by atoms with Crippen LogP contribution in [0.2, 0.25) is 0 Å². The molecule has 1 aromatic carbocycles. The van der Waals surface area contributed by atoms with E-state index in [1.54, 1.807) is 6.08 Å². The molecule has 0 atom stereocenters. The van der Waals surface area contributed by atoms with E-state index in [9.17, 15) is 4.79 Å². The van der Waals surface area contributed by atoms with Crippen LogP contribution >= 0.6 is 0 Å². The zero-order valence-corrected chi connectivity index (χ0v) is 9.81. The highest BCUT2D eigenvalue weighted by Crippen LogP contribution is 2.04. The van der Waals surface area contributed by atoms with Gasteiger partial charge in [0.1, 0.15) is 0 Å². The number of hydrogen-bond donors (Lipinski definition) is 2. The molecule has 2 amide bonds. The van der Waals surface area contributed by atoms with Crippen molar-refractivity contribution in [3.63, 3.8) is 0 Å². The molecule has 0 spiro atoms. The fourth-order valence-corrected chi connectivity index (χ4v) is 1.15. The van der Waals surface area contributed by atoms with E-state index in [2.05, 4.69) is 17.2 Å². The van der Waals surface area contributed by atoms with Gasteiger partial charge in [-0.15, -0.1) is 0 Å². The van der Waals surface area contributed by atoms with Crippen LogP contribution in [-0.4, -0.2) is 6.03 Å². The molecular weight excluding hydrogens is 212 g/mol. The first-order valence-electron chi connectivity index (χ1n) is 5.33. The van der Waals surface area contributed by atoms with Crippen molar-refractivity contribution >= 4 is 11.7 Å². The third-order valence-corrected chi connectivity index (χ3v) is 1.91.